The quantitative estimate of drug-likeness (QED) is 0.127. The number of rotatable bonds is 16. The van der Waals surface area contributed by atoms with E-state index in [2.05, 4.69) is 20.3 Å². The molecule has 0 aliphatic carbocycles. The SMILES string of the molecule is CCCCS(=O)(=O)NC(Cc1ccc(OCC2CN(C(CCN3CCNCC3)C(=N)NC(=O)OC(C)(C)C)C(=O)O2)cc1)C(=O)O. The number of nitrogens with one attached hydrogen (secondary N) is 4. The second-order valence-electron chi connectivity index (χ2n) is 12.4. The van der Waals surface area contributed by atoms with Gasteiger partial charge in [0, 0.05) is 32.7 Å². The molecular formula is C30H48N6O9S. The lowest BCUT2D eigenvalue weighted by Gasteiger charge is -2.32. The van der Waals surface area contributed by atoms with Gasteiger partial charge in [0.1, 0.15) is 29.8 Å². The number of alkyl carbamates (subject to hydrolysis) is 1. The summed E-state index contributed by atoms with van der Waals surface area (Å²) in [6, 6.07) is 4.50. The first kappa shape index (κ1) is 37.0. The molecule has 2 heterocycles. The van der Waals surface area contributed by atoms with Gasteiger partial charge in [-0.15, -0.1) is 0 Å². The van der Waals surface area contributed by atoms with E-state index in [9.17, 15) is 27.9 Å². The van der Waals surface area contributed by atoms with Crippen molar-refractivity contribution in [3.63, 3.8) is 0 Å². The molecule has 5 N–H and O–H groups in total. The van der Waals surface area contributed by atoms with E-state index in [-0.39, 0.29) is 31.2 Å². The van der Waals surface area contributed by atoms with E-state index >= 15 is 0 Å². The van der Waals surface area contributed by atoms with E-state index in [1.165, 1.54) is 4.90 Å². The topological polar surface area (TPSA) is 200 Å². The highest BCUT2D eigenvalue weighted by molar-refractivity contribution is 7.89. The molecule has 3 unspecified atom stereocenters. The van der Waals surface area contributed by atoms with E-state index in [0.717, 1.165) is 26.2 Å². The van der Waals surface area contributed by atoms with Crippen LogP contribution in [0.5, 0.6) is 5.75 Å². The van der Waals surface area contributed by atoms with Crippen LogP contribution in [0, 0.1) is 5.41 Å². The minimum Gasteiger partial charge on any atom is -0.490 e. The number of hydrogen-bond acceptors (Lipinski definition) is 11. The molecule has 2 aliphatic rings. The van der Waals surface area contributed by atoms with Gasteiger partial charge in [0.15, 0.2) is 6.10 Å². The Hall–Kier alpha value is -3.47. The van der Waals surface area contributed by atoms with Crippen LogP contribution in [0.15, 0.2) is 24.3 Å². The Balaban J connectivity index is 1.59. The third-order valence-corrected chi connectivity index (χ3v) is 8.83. The Labute approximate surface area is 270 Å². The highest BCUT2D eigenvalue weighted by atomic mass is 32.2. The predicted molar refractivity (Wildman–Crippen MR) is 171 cm³/mol. The first-order valence-corrected chi connectivity index (χ1v) is 17.2. The Morgan fingerprint density at radius 2 is 1.87 bits per heavy atom. The van der Waals surface area contributed by atoms with Crippen LogP contribution in [0.1, 0.15) is 52.5 Å². The van der Waals surface area contributed by atoms with Crippen molar-refractivity contribution < 1.29 is 42.1 Å². The fourth-order valence-corrected chi connectivity index (χ4v) is 6.42. The van der Waals surface area contributed by atoms with Gasteiger partial charge in [0.2, 0.25) is 10.0 Å². The molecule has 3 atom stereocenters. The molecule has 0 radical (unpaired) electrons. The molecule has 0 spiro atoms. The summed E-state index contributed by atoms with van der Waals surface area (Å²) in [6.45, 7) is 11.2. The number of hydrogen-bond donors (Lipinski definition) is 5. The summed E-state index contributed by atoms with van der Waals surface area (Å²) in [4.78, 5) is 40.7. The van der Waals surface area contributed by atoms with E-state index in [0.29, 0.717) is 37.1 Å². The minimum absolute atomic E-state index is 0.0217. The molecule has 258 valence electrons. The van der Waals surface area contributed by atoms with Crippen LogP contribution >= 0.6 is 0 Å². The number of amides is 2. The van der Waals surface area contributed by atoms with Crippen molar-refractivity contribution in [3.05, 3.63) is 29.8 Å². The molecule has 0 aromatic heterocycles. The number of cyclic esters (lactones) is 1. The van der Waals surface area contributed by atoms with Crippen LogP contribution in [0.25, 0.3) is 0 Å². The van der Waals surface area contributed by atoms with Crippen LogP contribution in [0.3, 0.4) is 0 Å². The van der Waals surface area contributed by atoms with Crippen LogP contribution in [0.4, 0.5) is 9.59 Å². The number of nitrogens with zero attached hydrogens (tertiary/aromatic N) is 2. The zero-order valence-corrected chi connectivity index (χ0v) is 27.9. The molecule has 46 heavy (non-hydrogen) atoms. The third kappa shape index (κ3) is 12.4. The van der Waals surface area contributed by atoms with Crippen LogP contribution in [0.2, 0.25) is 0 Å². The van der Waals surface area contributed by atoms with Crippen molar-refractivity contribution in [2.24, 2.45) is 0 Å². The maximum atomic E-state index is 13.0. The number of amidine groups is 1. The monoisotopic (exact) mass is 668 g/mol. The smallest absolute Gasteiger partial charge is 0.413 e. The predicted octanol–water partition coefficient (Wildman–Crippen LogP) is 1.77. The summed E-state index contributed by atoms with van der Waals surface area (Å²) in [7, 11) is -3.72. The van der Waals surface area contributed by atoms with Crippen molar-refractivity contribution >= 4 is 34.0 Å². The summed E-state index contributed by atoms with van der Waals surface area (Å²) < 4.78 is 43.4. The van der Waals surface area contributed by atoms with Crippen molar-refractivity contribution in [3.8, 4) is 5.75 Å². The van der Waals surface area contributed by atoms with Gasteiger partial charge in [0.05, 0.1) is 18.3 Å². The van der Waals surface area contributed by atoms with Gasteiger partial charge in [-0.05, 0) is 57.7 Å². The molecule has 16 heteroatoms. The number of carbonyl (C=O) groups excluding carboxylic acids is 2. The Morgan fingerprint density at radius 3 is 2.48 bits per heavy atom. The first-order valence-electron chi connectivity index (χ1n) is 15.6. The van der Waals surface area contributed by atoms with Crippen molar-refractivity contribution in [1.82, 2.24) is 25.2 Å². The number of aliphatic carboxylic acids is 1. The van der Waals surface area contributed by atoms with Crippen LogP contribution < -0.4 is 20.1 Å². The molecule has 1 aromatic carbocycles. The second-order valence-corrected chi connectivity index (χ2v) is 14.3. The number of carboxylic acid groups (broad SMARTS) is 1. The number of ether oxygens (including phenoxy) is 3. The zero-order valence-electron chi connectivity index (χ0n) is 27.0. The molecule has 3 rings (SSSR count). The average Bonchev–Trinajstić information content (AvgIpc) is 3.34. The van der Waals surface area contributed by atoms with Gasteiger partial charge in [-0.25, -0.2) is 22.7 Å². The van der Waals surface area contributed by atoms with Crippen molar-refractivity contribution in [2.75, 3.05) is 51.6 Å². The minimum atomic E-state index is -3.72. The van der Waals surface area contributed by atoms with E-state index < -0.39 is 52.0 Å². The number of sulfonamides is 1. The number of carboxylic acids is 1. The highest BCUT2D eigenvalue weighted by Crippen LogP contribution is 2.21. The van der Waals surface area contributed by atoms with Crippen LogP contribution in [-0.2, 0) is 30.7 Å². The highest BCUT2D eigenvalue weighted by Gasteiger charge is 2.39. The van der Waals surface area contributed by atoms with Gasteiger partial charge >= 0.3 is 18.2 Å². The molecule has 2 aliphatic heterocycles. The Morgan fingerprint density at radius 1 is 1.20 bits per heavy atom. The van der Waals surface area contributed by atoms with Gasteiger partial charge in [0.25, 0.3) is 0 Å². The molecule has 2 fully saturated rings. The van der Waals surface area contributed by atoms with Gasteiger partial charge in [-0.1, -0.05) is 25.5 Å². The van der Waals surface area contributed by atoms with E-state index in [1.807, 2.05) is 6.92 Å². The lowest BCUT2D eigenvalue weighted by Crippen LogP contribution is -2.52. The molecule has 1 aromatic rings. The molecule has 15 nitrogen and oxygen atoms in total. The standard InChI is InChI=1S/C30H48N6O9S/c1-5-6-17-46(41,42)34-24(27(37)38)18-21-7-9-22(10-8-21)43-20-23-19-36(29(40)44-23)25(11-14-35-15-12-32-13-16-35)26(31)33-28(39)45-30(2,3)4/h7-10,23-25,32,34H,5-6,11-20H2,1-4H3,(H,37,38)(H2,31,33,39). The maximum absolute atomic E-state index is 13.0. The van der Waals surface area contributed by atoms with E-state index in [1.54, 1.807) is 45.0 Å². The lowest BCUT2D eigenvalue weighted by molar-refractivity contribution is -0.138. The number of benzene rings is 1. The molecular weight excluding hydrogens is 620 g/mol. The number of piperazine rings is 1. The summed E-state index contributed by atoms with van der Waals surface area (Å²) in [5.41, 5.74) is -0.155. The van der Waals surface area contributed by atoms with Gasteiger partial charge in [-0.3, -0.25) is 20.4 Å². The third-order valence-electron chi connectivity index (χ3n) is 7.36. The second kappa shape index (κ2) is 16.9. The van der Waals surface area contributed by atoms with Gasteiger partial charge < -0.3 is 29.5 Å². The summed E-state index contributed by atoms with van der Waals surface area (Å²) in [6.07, 6.45) is -0.568. The zero-order chi connectivity index (χ0) is 33.9. The average molecular weight is 669 g/mol. The van der Waals surface area contributed by atoms with Crippen LogP contribution in [-0.4, -0.2) is 123 Å². The Bertz CT molecular complexity index is 1300. The number of unbranched alkanes of at least 4 members (excludes halogenated alkanes) is 1. The fourth-order valence-electron chi connectivity index (χ4n) is 5.01. The molecule has 0 saturated carbocycles. The normalized spacial score (nSPS) is 18.8. The fraction of sp³-hybridized carbons (Fsp3) is 0.667. The first-order chi connectivity index (χ1) is 21.7. The number of carbonyl (C=O) groups is 3. The molecule has 2 amide bonds. The summed E-state index contributed by atoms with van der Waals surface area (Å²) in [5, 5.41) is 23.9. The largest absolute Gasteiger partial charge is 0.490 e. The van der Waals surface area contributed by atoms with Crippen molar-refractivity contribution in [1.29, 1.82) is 5.41 Å². The summed E-state index contributed by atoms with van der Waals surface area (Å²) >= 11 is 0. The summed E-state index contributed by atoms with van der Waals surface area (Å²) in [5.74, 6) is -1.12. The molecule has 2 saturated heterocycles. The molecule has 0 bridgehead atoms. The Kier molecular flexibility index (Phi) is 13.6. The van der Waals surface area contributed by atoms with E-state index in [4.69, 9.17) is 19.6 Å². The lowest BCUT2D eigenvalue weighted by atomic mass is 10.1. The van der Waals surface area contributed by atoms with Crippen molar-refractivity contribution in [2.45, 2.75) is 77.2 Å². The van der Waals surface area contributed by atoms with Gasteiger partial charge in [-0.2, -0.15) is 0 Å². The maximum Gasteiger partial charge on any atom is 0.413 e.